The summed E-state index contributed by atoms with van der Waals surface area (Å²) in [6.45, 7) is 0. The molecule has 1 aliphatic rings. The summed E-state index contributed by atoms with van der Waals surface area (Å²) in [6, 6.07) is 5.40. The molecule has 5 heteroatoms. The van der Waals surface area contributed by atoms with Crippen molar-refractivity contribution in [3.8, 4) is 0 Å². The monoisotopic (exact) mass is 311 g/mol. The predicted octanol–water partition coefficient (Wildman–Crippen LogP) is 5.51. The molecule has 3 rings (SSSR count). The largest absolute Gasteiger partial charge is 0.375 e. The normalized spacial score (nSPS) is 17.1. The van der Waals surface area contributed by atoms with Crippen LogP contribution in [-0.2, 0) is 0 Å². The molecule has 0 saturated heterocycles. The Morgan fingerprint density at radius 1 is 1.05 bits per heavy atom. The maximum Gasteiger partial charge on any atom is 0.161 e. The molecule has 1 atom stereocenters. The fourth-order valence-electron chi connectivity index (χ4n) is 2.98. The van der Waals surface area contributed by atoms with Crippen LogP contribution in [-0.4, -0.2) is 0 Å². The van der Waals surface area contributed by atoms with E-state index in [0.717, 1.165) is 36.6 Å². The van der Waals surface area contributed by atoms with Gasteiger partial charge in [0.15, 0.2) is 11.6 Å². The van der Waals surface area contributed by atoms with E-state index in [9.17, 15) is 13.2 Å². The van der Waals surface area contributed by atoms with Gasteiger partial charge in [-0.15, -0.1) is 11.3 Å². The van der Waals surface area contributed by atoms with Crippen molar-refractivity contribution in [2.45, 2.75) is 31.7 Å². The van der Waals surface area contributed by atoms with E-state index in [2.05, 4.69) is 5.32 Å². The summed E-state index contributed by atoms with van der Waals surface area (Å²) in [5.74, 6) is -2.55. The Labute approximate surface area is 125 Å². The van der Waals surface area contributed by atoms with E-state index in [4.69, 9.17) is 0 Å². The lowest BCUT2D eigenvalue weighted by Crippen LogP contribution is -2.19. The molecule has 2 aromatic rings. The molecule has 1 saturated carbocycles. The van der Waals surface area contributed by atoms with Crippen LogP contribution in [0.25, 0.3) is 0 Å². The number of rotatable bonds is 4. The Morgan fingerprint density at radius 2 is 1.76 bits per heavy atom. The minimum Gasteiger partial charge on any atom is -0.375 e. The summed E-state index contributed by atoms with van der Waals surface area (Å²) >= 11 is 1.60. The van der Waals surface area contributed by atoms with Gasteiger partial charge in [0, 0.05) is 17.0 Å². The molecule has 1 N–H and O–H groups in total. The SMILES string of the molecule is Fc1cc(F)c(NC(c2cccs2)C2CCCC2)cc1F. The van der Waals surface area contributed by atoms with Crippen molar-refractivity contribution in [1.29, 1.82) is 0 Å². The van der Waals surface area contributed by atoms with Gasteiger partial charge in [-0.25, -0.2) is 13.2 Å². The molecule has 1 heterocycles. The maximum absolute atomic E-state index is 13.9. The third kappa shape index (κ3) is 3.07. The Balaban J connectivity index is 1.89. The second kappa shape index (κ2) is 6.10. The zero-order chi connectivity index (χ0) is 14.8. The van der Waals surface area contributed by atoms with Gasteiger partial charge >= 0.3 is 0 Å². The predicted molar refractivity (Wildman–Crippen MR) is 79.0 cm³/mol. The number of halogens is 3. The summed E-state index contributed by atoms with van der Waals surface area (Å²) < 4.78 is 40.2. The van der Waals surface area contributed by atoms with Crippen LogP contribution < -0.4 is 5.32 Å². The first kappa shape index (κ1) is 14.4. The maximum atomic E-state index is 13.9. The fourth-order valence-corrected chi connectivity index (χ4v) is 3.85. The standard InChI is InChI=1S/C16H16F3NS/c17-11-8-13(19)14(9-12(11)18)20-16(10-4-1-2-5-10)15-6-3-7-21-15/h3,6-10,16,20H,1-2,4-5H2. The van der Waals surface area contributed by atoms with Crippen LogP contribution in [0.15, 0.2) is 29.6 Å². The highest BCUT2D eigenvalue weighted by Crippen LogP contribution is 2.39. The van der Waals surface area contributed by atoms with Crippen LogP contribution in [0.2, 0.25) is 0 Å². The Kier molecular flexibility index (Phi) is 4.19. The molecule has 1 nitrogen and oxygen atoms in total. The van der Waals surface area contributed by atoms with Crippen LogP contribution in [0.1, 0.15) is 36.6 Å². The van der Waals surface area contributed by atoms with Gasteiger partial charge in [0.25, 0.3) is 0 Å². The summed E-state index contributed by atoms with van der Waals surface area (Å²) in [4.78, 5) is 1.10. The number of nitrogens with one attached hydrogen (secondary N) is 1. The highest BCUT2D eigenvalue weighted by molar-refractivity contribution is 7.10. The van der Waals surface area contributed by atoms with Gasteiger partial charge in [0.2, 0.25) is 0 Å². The zero-order valence-electron chi connectivity index (χ0n) is 11.4. The van der Waals surface area contributed by atoms with Crippen molar-refractivity contribution >= 4 is 17.0 Å². The molecule has 0 amide bonds. The van der Waals surface area contributed by atoms with Gasteiger partial charge in [-0.1, -0.05) is 18.9 Å². The van der Waals surface area contributed by atoms with Crippen molar-refractivity contribution in [3.63, 3.8) is 0 Å². The second-order valence-electron chi connectivity index (χ2n) is 5.43. The average molecular weight is 311 g/mol. The van der Waals surface area contributed by atoms with E-state index in [-0.39, 0.29) is 11.7 Å². The van der Waals surface area contributed by atoms with Crippen LogP contribution in [0.5, 0.6) is 0 Å². The first-order valence-corrected chi connectivity index (χ1v) is 7.97. The molecule has 1 aliphatic carbocycles. The topological polar surface area (TPSA) is 12.0 Å². The summed E-state index contributed by atoms with van der Waals surface area (Å²) in [5.41, 5.74) is 0.0270. The molecule has 1 aromatic carbocycles. The van der Waals surface area contributed by atoms with Gasteiger partial charge in [-0.3, -0.25) is 0 Å². The molecule has 0 aliphatic heterocycles. The van der Waals surface area contributed by atoms with Gasteiger partial charge in [-0.05, 0) is 30.2 Å². The molecule has 112 valence electrons. The molecule has 1 fully saturated rings. The van der Waals surface area contributed by atoms with Crippen molar-refractivity contribution in [2.75, 3.05) is 5.32 Å². The summed E-state index contributed by atoms with van der Waals surface area (Å²) in [5, 5.41) is 5.06. The first-order chi connectivity index (χ1) is 10.1. The Morgan fingerprint density at radius 3 is 2.43 bits per heavy atom. The molecule has 1 aromatic heterocycles. The average Bonchev–Trinajstić information content (AvgIpc) is 3.14. The minimum atomic E-state index is -1.16. The van der Waals surface area contributed by atoms with Gasteiger partial charge < -0.3 is 5.32 Å². The number of anilines is 1. The number of thiophene rings is 1. The lowest BCUT2D eigenvalue weighted by molar-refractivity contribution is 0.468. The number of benzene rings is 1. The van der Waals surface area contributed by atoms with Crippen LogP contribution in [0, 0.1) is 23.4 Å². The Bertz CT molecular complexity index is 606. The highest BCUT2D eigenvalue weighted by Gasteiger charge is 2.28. The van der Waals surface area contributed by atoms with Crippen molar-refractivity contribution in [2.24, 2.45) is 5.92 Å². The minimum absolute atomic E-state index is 0.0270. The Hall–Kier alpha value is -1.49. The molecule has 0 bridgehead atoms. The van der Waals surface area contributed by atoms with E-state index in [1.54, 1.807) is 11.3 Å². The lowest BCUT2D eigenvalue weighted by Gasteiger charge is -2.25. The van der Waals surface area contributed by atoms with Gasteiger partial charge in [0.1, 0.15) is 5.82 Å². The third-order valence-electron chi connectivity index (χ3n) is 4.04. The van der Waals surface area contributed by atoms with E-state index >= 15 is 0 Å². The van der Waals surface area contributed by atoms with E-state index in [1.165, 1.54) is 0 Å². The smallest absolute Gasteiger partial charge is 0.161 e. The van der Waals surface area contributed by atoms with E-state index in [1.807, 2.05) is 17.5 Å². The van der Waals surface area contributed by atoms with Gasteiger partial charge in [0.05, 0.1) is 11.7 Å². The van der Waals surface area contributed by atoms with Crippen molar-refractivity contribution < 1.29 is 13.2 Å². The number of hydrogen-bond acceptors (Lipinski definition) is 2. The first-order valence-electron chi connectivity index (χ1n) is 7.09. The second-order valence-corrected chi connectivity index (χ2v) is 6.41. The summed E-state index contributed by atoms with van der Waals surface area (Å²) in [7, 11) is 0. The number of hydrogen-bond donors (Lipinski definition) is 1. The molecule has 0 spiro atoms. The van der Waals surface area contributed by atoms with Crippen LogP contribution in [0.3, 0.4) is 0 Å². The van der Waals surface area contributed by atoms with E-state index < -0.39 is 17.5 Å². The van der Waals surface area contributed by atoms with Crippen molar-refractivity contribution in [3.05, 3.63) is 52.0 Å². The third-order valence-corrected chi connectivity index (χ3v) is 5.00. The van der Waals surface area contributed by atoms with Gasteiger partial charge in [-0.2, -0.15) is 0 Å². The van der Waals surface area contributed by atoms with Crippen molar-refractivity contribution in [1.82, 2.24) is 0 Å². The van der Waals surface area contributed by atoms with Crippen LogP contribution in [0.4, 0.5) is 18.9 Å². The van der Waals surface area contributed by atoms with E-state index in [0.29, 0.717) is 12.0 Å². The molecular weight excluding hydrogens is 295 g/mol. The summed E-state index contributed by atoms with van der Waals surface area (Å²) in [6.07, 6.45) is 4.46. The van der Waals surface area contributed by atoms with Crippen LogP contribution >= 0.6 is 11.3 Å². The lowest BCUT2D eigenvalue weighted by atomic mass is 9.96. The molecule has 21 heavy (non-hydrogen) atoms. The quantitative estimate of drug-likeness (QED) is 0.734. The molecule has 1 unspecified atom stereocenters. The fraction of sp³-hybridized carbons (Fsp3) is 0.375. The molecule has 0 radical (unpaired) electrons. The molecular formula is C16H16F3NS. The highest BCUT2D eigenvalue weighted by atomic mass is 32.1. The zero-order valence-corrected chi connectivity index (χ0v) is 12.2.